The number of nitrogens with zero attached hydrogens (tertiary/aromatic N) is 1. The van der Waals surface area contributed by atoms with Crippen molar-refractivity contribution >= 4 is 11.7 Å². The third-order valence-corrected chi connectivity index (χ3v) is 4.06. The summed E-state index contributed by atoms with van der Waals surface area (Å²) in [6, 6.07) is 5.02. The van der Waals surface area contributed by atoms with Crippen molar-refractivity contribution in [1.82, 2.24) is 5.32 Å². The van der Waals surface area contributed by atoms with Crippen molar-refractivity contribution in [3.8, 4) is 5.75 Å². The molecule has 25 heavy (non-hydrogen) atoms. The van der Waals surface area contributed by atoms with Crippen molar-refractivity contribution in [2.45, 2.75) is 26.7 Å². The lowest BCUT2D eigenvalue weighted by atomic mass is 9.83. The lowest BCUT2D eigenvalue weighted by Crippen LogP contribution is -2.31. The minimum Gasteiger partial charge on any atom is -0.463 e. The zero-order valence-corrected chi connectivity index (χ0v) is 13.9. The zero-order chi connectivity index (χ0) is 18.1. The Morgan fingerprint density at radius 1 is 1.36 bits per heavy atom. The van der Waals surface area contributed by atoms with Gasteiger partial charge in [-0.3, -0.25) is 10.1 Å². The molecular weight excluding hydrogens is 330 g/mol. The summed E-state index contributed by atoms with van der Waals surface area (Å²) >= 11 is 0. The number of esters is 1. The van der Waals surface area contributed by atoms with Crippen LogP contribution in [0.1, 0.15) is 32.3 Å². The number of nitrogens with one attached hydrogen (secondary N) is 2. The first kappa shape index (κ1) is 16.8. The number of allylic oxidation sites excluding steroid dienone is 3. The smallest absolute Gasteiger partial charge is 0.336 e. The SMILES string of the molecule is CCOC(=O)C1=C(C)NC(C)=C([N+](=O)[O-])C1c1cccc2c1NOO2. The van der Waals surface area contributed by atoms with Crippen molar-refractivity contribution < 1.29 is 24.3 Å². The van der Waals surface area contributed by atoms with Crippen LogP contribution in [0.5, 0.6) is 5.75 Å². The molecule has 0 saturated heterocycles. The van der Waals surface area contributed by atoms with Crippen molar-refractivity contribution in [2.75, 3.05) is 12.1 Å². The van der Waals surface area contributed by atoms with Crippen LogP contribution in [-0.2, 0) is 14.5 Å². The second-order valence-corrected chi connectivity index (χ2v) is 5.57. The predicted molar refractivity (Wildman–Crippen MR) is 86.7 cm³/mol. The second-order valence-electron chi connectivity index (χ2n) is 5.57. The molecule has 2 heterocycles. The Labute approximate surface area is 143 Å². The van der Waals surface area contributed by atoms with Crippen LogP contribution in [0.3, 0.4) is 0 Å². The minimum atomic E-state index is -0.928. The Morgan fingerprint density at radius 3 is 2.80 bits per heavy atom. The molecule has 1 aromatic rings. The summed E-state index contributed by atoms with van der Waals surface area (Å²) in [4.78, 5) is 33.5. The van der Waals surface area contributed by atoms with Crippen molar-refractivity contribution in [3.05, 3.63) is 56.5 Å². The number of nitro groups is 1. The zero-order valence-electron chi connectivity index (χ0n) is 13.9. The Hall–Kier alpha value is -3.07. The van der Waals surface area contributed by atoms with Crippen LogP contribution < -0.4 is 15.7 Å². The van der Waals surface area contributed by atoms with Gasteiger partial charge in [0.05, 0.1) is 22.8 Å². The van der Waals surface area contributed by atoms with Gasteiger partial charge in [0.15, 0.2) is 5.75 Å². The fraction of sp³-hybridized carbons (Fsp3) is 0.312. The summed E-state index contributed by atoms with van der Waals surface area (Å²) in [5, 5.41) is 14.6. The quantitative estimate of drug-likeness (QED) is 0.369. The fourth-order valence-electron chi connectivity index (χ4n) is 3.08. The highest BCUT2D eigenvalue weighted by Gasteiger charge is 2.43. The largest absolute Gasteiger partial charge is 0.463 e. The number of fused-ring (bicyclic) bond motifs is 1. The summed E-state index contributed by atoms with van der Waals surface area (Å²) in [7, 11) is 0. The van der Waals surface area contributed by atoms with Crippen molar-refractivity contribution in [1.29, 1.82) is 0 Å². The molecule has 2 aliphatic rings. The van der Waals surface area contributed by atoms with Gasteiger partial charge in [0.2, 0.25) is 0 Å². The van der Waals surface area contributed by atoms with Crippen LogP contribution >= 0.6 is 0 Å². The van der Waals surface area contributed by atoms with Gasteiger partial charge in [-0.15, -0.1) is 0 Å². The molecule has 0 aliphatic carbocycles. The number of carbonyl (C=O) groups excluding carboxylic acids is 1. The second kappa shape index (κ2) is 6.44. The van der Waals surface area contributed by atoms with E-state index in [2.05, 4.69) is 10.8 Å². The van der Waals surface area contributed by atoms with Gasteiger partial charge in [0.25, 0.3) is 5.70 Å². The molecule has 0 radical (unpaired) electrons. The number of hydrogen-bond acceptors (Lipinski definition) is 8. The highest BCUT2D eigenvalue weighted by molar-refractivity contribution is 5.93. The van der Waals surface area contributed by atoms with Gasteiger partial charge >= 0.3 is 5.97 Å². The standard InChI is InChI=1S/C16H17N3O6/c1-4-23-16(20)12-8(2)17-9(3)15(19(21)22)13(12)10-6-5-7-11-14(10)18-25-24-11/h5-7,13,17-18H,4H2,1-3H3. The van der Waals surface area contributed by atoms with E-state index in [4.69, 9.17) is 14.6 Å². The Morgan fingerprint density at radius 2 is 2.12 bits per heavy atom. The molecule has 1 unspecified atom stereocenters. The summed E-state index contributed by atoms with van der Waals surface area (Å²) in [6.07, 6.45) is 0. The molecule has 2 N–H and O–H groups in total. The third-order valence-electron chi connectivity index (χ3n) is 4.06. The van der Waals surface area contributed by atoms with E-state index < -0.39 is 16.8 Å². The average Bonchev–Trinajstić information content (AvgIpc) is 3.02. The van der Waals surface area contributed by atoms with Crippen LogP contribution in [0.15, 0.2) is 40.9 Å². The van der Waals surface area contributed by atoms with Gasteiger partial charge < -0.3 is 14.9 Å². The van der Waals surface area contributed by atoms with E-state index in [9.17, 15) is 14.9 Å². The highest BCUT2D eigenvalue weighted by atomic mass is 17.3. The van der Waals surface area contributed by atoms with Crippen molar-refractivity contribution in [3.63, 3.8) is 0 Å². The maximum Gasteiger partial charge on any atom is 0.336 e. The van der Waals surface area contributed by atoms with E-state index >= 15 is 0 Å². The lowest BCUT2D eigenvalue weighted by Gasteiger charge is -2.27. The number of dihydropyridines is 1. The first-order valence-electron chi connectivity index (χ1n) is 7.68. The van der Waals surface area contributed by atoms with E-state index in [-0.39, 0.29) is 17.9 Å². The minimum absolute atomic E-state index is 0.129. The summed E-state index contributed by atoms with van der Waals surface area (Å²) < 4.78 is 5.12. The lowest BCUT2D eigenvalue weighted by molar-refractivity contribution is -0.431. The molecule has 0 spiro atoms. The number of carbonyl (C=O) groups is 1. The Balaban J connectivity index is 2.22. The first-order valence-corrected chi connectivity index (χ1v) is 7.68. The number of rotatable bonds is 4. The number of anilines is 1. The highest BCUT2D eigenvalue weighted by Crippen LogP contribution is 2.45. The van der Waals surface area contributed by atoms with Gasteiger partial charge in [-0.2, -0.15) is 0 Å². The maximum absolute atomic E-state index is 12.5. The molecule has 0 bridgehead atoms. The first-order chi connectivity index (χ1) is 12.0. The van der Waals surface area contributed by atoms with Gasteiger partial charge in [-0.25, -0.2) is 10.3 Å². The normalized spacial score (nSPS) is 18.9. The van der Waals surface area contributed by atoms with Crippen LogP contribution in [0.2, 0.25) is 0 Å². The third kappa shape index (κ3) is 2.78. The molecule has 2 aliphatic heterocycles. The van der Waals surface area contributed by atoms with Crippen LogP contribution in [0, 0.1) is 10.1 Å². The number of hydrogen-bond donors (Lipinski definition) is 2. The molecule has 9 heteroatoms. The van der Waals surface area contributed by atoms with Gasteiger partial charge in [-0.1, -0.05) is 17.1 Å². The average molecular weight is 347 g/mol. The molecule has 9 nitrogen and oxygen atoms in total. The molecule has 0 aromatic heterocycles. The molecular formula is C16H17N3O6. The van der Waals surface area contributed by atoms with Gasteiger partial charge in [0, 0.05) is 11.3 Å². The number of benzene rings is 1. The fourth-order valence-corrected chi connectivity index (χ4v) is 3.08. The maximum atomic E-state index is 12.5. The molecule has 132 valence electrons. The van der Waals surface area contributed by atoms with E-state index in [0.29, 0.717) is 28.4 Å². The molecule has 0 fully saturated rings. The molecule has 0 amide bonds. The van der Waals surface area contributed by atoms with Crippen LogP contribution in [0.25, 0.3) is 0 Å². The molecule has 1 aromatic carbocycles. The van der Waals surface area contributed by atoms with E-state index in [1.165, 1.54) is 0 Å². The Bertz CT molecular complexity index is 814. The van der Waals surface area contributed by atoms with E-state index in [1.54, 1.807) is 39.0 Å². The van der Waals surface area contributed by atoms with Crippen LogP contribution in [0.4, 0.5) is 5.69 Å². The topological polar surface area (TPSA) is 112 Å². The van der Waals surface area contributed by atoms with E-state index in [1.807, 2.05) is 0 Å². The summed E-state index contributed by atoms with van der Waals surface area (Å²) in [6.45, 7) is 5.12. The number of ether oxygens (including phenoxy) is 1. The summed E-state index contributed by atoms with van der Waals surface area (Å²) in [5.74, 6) is -1.15. The Kier molecular flexibility index (Phi) is 4.32. The van der Waals surface area contributed by atoms with Crippen LogP contribution in [-0.4, -0.2) is 17.5 Å². The van der Waals surface area contributed by atoms with Gasteiger partial charge in [0.1, 0.15) is 11.6 Å². The molecule has 0 saturated carbocycles. The van der Waals surface area contributed by atoms with Crippen molar-refractivity contribution in [2.24, 2.45) is 0 Å². The molecule has 3 rings (SSSR count). The van der Waals surface area contributed by atoms with E-state index in [0.717, 1.165) is 0 Å². The summed E-state index contributed by atoms with van der Waals surface area (Å²) in [5.41, 5.74) is 4.43. The van der Waals surface area contributed by atoms with Gasteiger partial charge in [-0.05, 0) is 26.8 Å². The monoisotopic (exact) mass is 347 g/mol. The number of para-hydroxylation sites is 1. The molecule has 1 atom stereocenters. The predicted octanol–water partition coefficient (Wildman–Crippen LogP) is 2.37.